The Bertz CT molecular complexity index is 1100. The van der Waals surface area contributed by atoms with Gasteiger partial charge in [0.15, 0.2) is 11.5 Å². The summed E-state index contributed by atoms with van der Waals surface area (Å²) in [5.41, 5.74) is 4.30. The number of rotatable bonds is 7. The molecule has 3 aromatic carbocycles. The third kappa shape index (κ3) is 4.11. The Morgan fingerprint density at radius 2 is 1.66 bits per heavy atom. The van der Waals surface area contributed by atoms with Gasteiger partial charge in [0.2, 0.25) is 0 Å². The number of methoxy groups -OCH3 is 1. The van der Waals surface area contributed by atoms with Gasteiger partial charge < -0.3 is 14.0 Å². The molecule has 0 unspecified atom stereocenters. The smallest absolute Gasteiger partial charge is 0.161 e. The van der Waals surface area contributed by atoms with Crippen LogP contribution in [0.5, 0.6) is 11.5 Å². The van der Waals surface area contributed by atoms with Crippen LogP contribution in [0.15, 0.2) is 72.8 Å². The second-order valence-electron chi connectivity index (χ2n) is 7.57. The number of imidazole rings is 1. The van der Waals surface area contributed by atoms with Crippen molar-refractivity contribution in [2.45, 2.75) is 27.0 Å². The van der Waals surface area contributed by atoms with E-state index >= 15 is 0 Å². The number of aromatic nitrogens is 2. The molecule has 0 N–H and O–H groups in total. The van der Waals surface area contributed by atoms with Gasteiger partial charge in [0, 0.05) is 12.1 Å². The number of para-hydroxylation sites is 2. The highest BCUT2D eigenvalue weighted by Crippen LogP contribution is 2.34. The zero-order chi connectivity index (χ0) is 20.2. The lowest BCUT2D eigenvalue weighted by atomic mass is 10.1. The van der Waals surface area contributed by atoms with E-state index in [-0.39, 0.29) is 0 Å². The summed E-state index contributed by atoms with van der Waals surface area (Å²) in [5.74, 6) is 2.91. The maximum absolute atomic E-state index is 6.01. The van der Waals surface area contributed by atoms with Gasteiger partial charge in [-0.05, 0) is 41.8 Å². The summed E-state index contributed by atoms with van der Waals surface area (Å²) in [6.45, 7) is 5.85. The number of hydrogen-bond donors (Lipinski definition) is 0. The van der Waals surface area contributed by atoms with Crippen molar-refractivity contribution in [3.63, 3.8) is 0 Å². The molecule has 0 aliphatic carbocycles. The standard InChI is InChI=1S/C25H26N2O2/c1-18(2)16-27-22-12-8-7-11-21(22)26-25(27)20-13-14-23(24(15-20)28-3)29-17-19-9-5-4-6-10-19/h4-15,18H,16-17H2,1-3H3. The molecule has 1 aromatic heterocycles. The molecule has 0 aliphatic rings. The Morgan fingerprint density at radius 3 is 2.41 bits per heavy atom. The maximum atomic E-state index is 6.01. The molecule has 4 nitrogen and oxygen atoms in total. The van der Waals surface area contributed by atoms with Crippen LogP contribution >= 0.6 is 0 Å². The molecule has 4 heteroatoms. The minimum absolute atomic E-state index is 0.502. The van der Waals surface area contributed by atoms with Crippen LogP contribution in [0.25, 0.3) is 22.4 Å². The third-order valence-electron chi connectivity index (χ3n) is 4.86. The van der Waals surface area contributed by atoms with Crippen molar-refractivity contribution in [3.05, 3.63) is 78.4 Å². The number of ether oxygens (including phenoxy) is 2. The van der Waals surface area contributed by atoms with Crippen molar-refractivity contribution >= 4 is 11.0 Å². The molecule has 1 heterocycles. The summed E-state index contributed by atoms with van der Waals surface area (Å²) in [7, 11) is 1.67. The van der Waals surface area contributed by atoms with Crippen LogP contribution < -0.4 is 9.47 Å². The highest BCUT2D eigenvalue weighted by atomic mass is 16.5. The van der Waals surface area contributed by atoms with Crippen molar-refractivity contribution < 1.29 is 9.47 Å². The van der Waals surface area contributed by atoms with Crippen LogP contribution in [0, 0.1) is 5.92 Å². The van der Waals surface area contributed by atoms with Crippen LogP contribution in [-0.2, 0) is 13.2 Å². The molecule has 0 amide bonds. The topological polar surface area (TPSA) is 36.3 Å². The van der Waals surface area contributed by atoms with E-state index in [1.807, 2.05) is 36.4 Å². The maximum Gasteiger partial charge on any atom is 0.161 e. The van der Waals surface area contributed by atoms with Gasteiger partial charge in [0.05, 0.1) is 18.1 Å². The Hall–Kier alpha value is -3.27. The average Bonchev–Trinajstić information content (AvgIpc) is 3.11. The lowest BCUT2D eigenvalue weighted by Crippen LogP contribution is -2.06. The first-order valence-electron chi connectivity index (χ1n) is 9.96. The average molecular weight is 386 g/mol. The highest BCUT2D eigenvalue weighted by Gasteiger charge is 2.16. The Labute approximate surface area is 171 Å². The minimum atomic E-state index is 0.502. The summed E-state index contributed by atoms with van der Waals surface area (Å²) in [6.07, 6.45) is 0. The fraction of sp³-hybridized carbons (Fsp3) is 0.240. The van der Waals surface area contributed by atoms with Crippen molar-refractivity contribution in [1.29, 1.82) is 0 Å². The first-order valence-corrected chi connectivity index (χ1v) is 9.96. The van der Waals surface area contributed by atoms with Crippen molar-refractivity contribution in [1.82, 2.24) is 9.55 Å². The number of hydrogen-bond acceptors (Lipinski definition) is 3. The van der Waals surface area contributed by atoms with Gasteiger partial charge >= 0.3 is 0 Å². The summed E-state index contributed by atoms with van der Waals surface area (Å²) in [6, 6.07) is 24.4. The molecule has 4 rings (SSSR count). The van der Waals surface area contributed by atoms with Crippen LogP contribution in [0.2, 0.25) is 0 Å². The van der Waals surface area contributed by atoms with Crippen LogP contribution in [0.1, 0.15) is 19.4 Å². The Balaban J connectivity index is 1.69. The SMILES string of the molecule is COc1cc(-c2nc3ccccc3n2CC(C)C)ccc1OCc1ccccc1. The molecule has 0 saturated heterocycles. The molecule has 0 radical (unpaired) electrons. The van der Waals surface area contributed by atoms with E-state index in [0.29, 0.717) is 18.3 Å². The van der Waals surface area contributed by atoms with E-state index < -0.39 is 0 Å². The molecule has 0 fully saturated rings. The van der Waals surface area contributed by atoms with E-state index in [1.54, 1.807) is 7.11 Å². The monoisotopic (exact) mass is 386 g/mol. The zero-order valence-electron chi connectivity index (χ0n) is 17.1. The number of fused-ring (bicyclic) bond motifs is 1. The number of nitrogens with zero attached hydrogens (tertiary/aromatic N) is 2. The molecule has 4 aromatic rings. The molecule has 0 aliphatic heterocycles. The first kappa shape index (κ1) is 19.1. The fourth-order valence-corrected chi connectivity index (χ4v) is 3.51. The molecule has 0 atom stereocenters. The lowest BCUT2D eigenvalue weighted by molar-refractivity contribution is 0.284. The van der Waals surface area contributed by atoms with E-state index in [0.717, 1.165) is 40.3 Å². The van der Waals surface area contributed by atoms with Gasteiger partial charge in [-0.2, -0.15) is 0 Å². The zero-order valence-corrected chi connectivity index (χ0v) is 17.1. The minimum Gasteiger partial charge on any atom is -0.493 e. The normalized spacial score (nSPS) is 11.2. The molecule has 0 bridgehead atoms. The van der Waals surface area contributed by atoms with E-state index in [4.69, 9.17) is 14.5 Å². The van der Waals surface area contributed by atoms with Crippen molar-refractivity contribution in [2.75, 3.05) is 7.11 Å². The lowest BCUT2D eigenvalue weighted by Gasteiger charge is -2.14. The molecular weight excluding hydrogens is 360 g/mol. The van der Waals surface area contributed by atoms with E-state index in [1.165, 1.54) is 0 Å². The molecular formula is C25H26N2O2. The fourth-order valence-electron chi connectivity index (χ4n) is 3.51. The van der Waals surface area contributed by atoms with Crippen LogP contribution in [0.4, 0.5) is 0 Å². The molecule has 0 spiro atoms. The van der Waals surface area contributed by atoms with Gasteiger partial charge in [-0.25, -0.2) is 4.98 Å². The van der Waals surface area contributed by atoms with Gasteiger partial charge in [-0.3, -0.25) is 0 Å². The quantitative estimate of drug-likeness (QED) is 0.394. The molecule has 29 heavy (non-hydrogen) atoms. The van der Waals surface area contributed by atoms with Gasteiger partial charge in [0.25, 0.3) is 0 Å². The molecule has 148 valence electrons. The number of benzene rings is 3. The summed E-state index contributed by atoms with van der Waals surface area (Å²) in [5, 5.41) is 0. The van der Waals surface area contributed by atoms with Crippen molar-refractivity contribution in [3.8, 4) is 22.9 Å². The predicted octanol–water partition coefficient (Wildman–Crippen LogP) is 5.95. The largest absolute Gasteiger partial charge is 0.493 e. The third-order valence-corrected chi connectivity index (χ3v) is 4.86. The first-order chi connectivity index (χ1) is 14.2. The Morgan fingerprint density at radius 1 is 0.897 bits per heavy atom. The van der Waals surface area contributed by atoms with Crippen molar-refractivity contribution in [2.24, 2.45) is 5.92 Å². The Kier molecular flexibility index (Phi) is 5.52. The van der Waals surface area contributed by atoms with E-state index in [2.05, 4.69) is 54.8 Å². The second-order valence-corrected chi connectivity index (χ2v) is 7.57. The summed E-state index contributed by atoms with van der Waals surface area (Å²) in [4.78, 5) is 4.90. The summed E-state index contributed by atoms with van der Waals surface area (Å²) >= 11 is 0. The predicted molar refractivity (Wildman–Crippen MR) is 117 cm³/mol. The van der Waals surface area contributed by atoms with Gasteiger partial charge in [-0.15, -0.1) is 0 Å². The van der Waals surface area contributed by atoms with E-state index in [9.17, 15) is 0 Å². The van der Waals surface area contributed by atoms with Crippen LogP contribution in [-0.4, -0.2) is 16.7 Å². The second kappa shape index (κ2) is 8.39. The van der Waals surface area contributed by atoms with Gasteiger partial charge in [-0.1, -0.05) is 56.3 Å². The van der Waals surface area contributed by atoms with Crippen LogP contribution in [0.3, 0.4) is 0 Å². The van der Waals surface area contributed by atoms with Gasteiger partial charge in [0.1, 0.15) is 12.4 Å². The highest BCUT2D eigenvalue weighted by molar-refractivity contribution is 5.81. The molecule has 0 saturated carbocycles. The summed E-state index contributed by atoms with van der Waals surface area (Å²) < 4.78 is 13.9.